The molecule has 1 aromatic heterocycles. The lowest BCUT2D eigenvalue weighted by molar-refractivity contribution is 0.0523. The van der Waals surface area contributed by atoms with Crippen LogP contribution in [0.25, 0.3) is 0 Å². The number of benzene rings is 2. The first-order valence-corrected chi connectivity index (χ1v) is 10.8. The summed E-state index contributed by atoms with van der Waals surface area (Å²) in [7, 11) is 1.53. The maximum atomic E-state index is 12.5. The van der Waals surface area contributed by atoms with Gasteiger partial charge in [0.05, 0.1) is 35.1 Å². The van der Waals surface area contributed by atoms with E-state index < -0.39 is 5.97 Å². The lowest BCUT2D eigenvalue weighted by atomic mass is 9.93. The van der Waals surface area contributed by atoms with Gasteiger partial charge in [0.2, 0.25) is 5.95 Å². The van der Waals surface area contributed by atoms with Crippen molar-refractivity contribution in [2.45, 2.75) is 19.3 Å². The molecule has 0 fully saturated rings. The summed E-state index contributed by atoms with van der Waals surface area (Å²) in [6, 6.07) is 14.4. The molecule has 3 aromatic rings. The van der Waals surface area contributed by atoms with Crippen molar-refractivity contribution in [2.75, 3.05) is 25.6 Å². The monoisotopic (exact) mass is 468 g/mol. The van der Waals surface area contributed by atoms with Crippen LogP contribution in [0.5, 0.6) is 0 Å². The summed E-state index contributed by atoms with van der Waals surface area (Å²) >= 11 is 6.23. The van der Waals surface area contributed by atoms with Crippen molar-refractivity contribution in [1.82, 2.24) is 15.3 Å². The van der Waals surface area contributed by atoms with Gasteiger partial charge in [-0.2, -0.15) is 0 Å². The fourth-order valence-electron chi connectivity index (χ4n) is 3.30. The minimum atomic E-state index is -0.526. The van der Waals surface area contributed by atoms with Crippen LogP contribution in [0.3, 0.4) is 0 Å². The molecule has 1 atom stereocenters. The standard InChI is InChI=1S/C24H25ClN4O4/c1-3-33-23(32)19-13-27-24(28-17-9-10-18(20(25)12-17)22(31)26-2)29-21(19)11-16(14-30)15-7-5-4-6-8-15/h4-10,12-13,16,30H,3,11,14H2,1-2H3,(H,26,31)(H,27,28,29)/t16-/m1/s1. The van der Waals surface area contributed by atoms with Crippen molar-refractivity contribution in [1.29, 1.82) is 0 Å². The van der Waals surface area contributed by atoms with E-state index in [1.54, 1.807) is 25.1 Å². The van der Waals surface area contributed by atoms with E-state index in [1.807, 2.05) is 30.3 Å². The van der Waals surface area contributed by atoms with E-state index in [2.05, 4.69) is 20.6 Å². The second-order valence-electron chi connectivity index (χ2n) is 7.17. The first kappa shape index (κ1) is 24.2. The van der Waals surface area contributed by atoms with Gasteiger partial charge >= 0.3 is 5.97 Å². The maximum Gasteiger partial charge on any atom is 0.341 e. The topological polar surface area (TPSA) is 113 Å². The van der Waals surface area contributed by atoms with Crippen molar-refractivity contribution in [2.24, 2.45) is 0 Å². The number of ether oxygens (including phenoxy) is 1. The third-order valence-electron chi connectivity index (χ3n) is 4.99. The number of aromatic nitrogens is 2. The van der Waals surface area contributed by atoms with Gasteiger partial charge in [0.15, 0.2) is 0 Å². The van der Waals surface area contributed by atoms with Gasteiger partial charge in [0.1, 0.15) is 0 Å². The van der Waals surface area contributed by atoms with E-state index >= 15 is 0 Å². The molecule has 9 heteroatoms. The van der Waals surface area contributed by atoms with Gasteiger partial charge in [-0.15, -0.1) is 0 Å². The highest BCUT2D eigenvalue weighted by Crippen LogP contribution is 2.25. The molecule has 0 spiro atoms. The van der Waals surface area contributed by atoms with Crippen LogP contribution in [-0.4, -0.2) is 47.2 Å². The summed E-state index contributed by atoms with van der Waals surface area (Å²) in [4.78, 5) is 33.1. The number of rotatable bonds is 9. The van der Waals surface area contributed by atoms with Crippen LogP contribution in [0, 0.1) is 0 Å². The molecule has 0 saturated carbocycles. The number of halogens is 1. The number of carbonyl (C=O) groups is 2. The molecule has 0 aliphatic rings. The molecular weight excluding hydrogens is 444 g/mol. The summed E-state index contributed by atoms with van der Waals surface area (Å²) in [6.07, 6.45) is 1.71. The zero-order valence-corrected chi connectivity index (χ0v) is 19.1. The van der Waals surface area contributed by atoms with Crippen LogP contribution in [0.4, 0.5) is 11.6 Å². The van der Waals surface area contributed by atoms with Crippen LogP contribution in [-0.2, 0) is 11.2 Å². The van der Waals surface area contributed by atoms with Crippen molar-refractivity contribution in [3.63, 3.8) is 0 Å². The summed E-state index contributed by atoms with van der Waals surface area (Å²) in [5, 5.41) is 15.8. The van der Waals surface area contributed by atoms with E-state index in [9.17, 15) is 14.7 Å². The Morgan fingerprint density at radius 1 is 1.15 bits per heavy atom. The minimum absolute atomic E-state index is 0.115. The average molecular weight is 469 g/mol. The number of nitrogens with one attached hydrogen (secondary N) is 2. The number of hydrogen-bond donors (Lipinski definition) is 3. The van der Waals surface area contributed by atoms with Gasteiger partial charge < -0.3 is 20.5 Å². The Morgan fingerprint density at radius 2 is 1.91 bits per heavy atom. The molecule has 0 radical (unpaired) electrons. The molecular formula is C24H25ClN4O4. The molecule has 0 aliphatic carbocycles. The molecule has 2 aromatic carbocycles. The molecule has 3 N–H and O–H groups in total. The summed E-state index contributed by atoms with van der Waals surface area (Å²) in [5.74, 6) is -0.836. The molecule has 0 unspecified atom stereocenters. The van der Waals surface area contributed by atoms with Gasteiger partial charge in [-0.1, -0.05) is 41.9 Å². The number of amides is 1. The van der Waals surface area contributed by atoms with E-state index in [0.29, 0.717) is 23.4 Å². The van der Waals surface area contributed by atoms with E-state index in [-0.39, 0.29) is 41.6 Å². The second kappa shape index (κ2) is 11.4. The molecule has 3 rings (SSSR count). The zero-order valence-electron chi connectivity index (χ0n) is 18.3. The lowest BCUT2D eigenvalue weighted by Crippen LogP contribution is -2.18. The number of nitrogens with zero attached hydrogens (tertiary/aromatic N) is 2. The third-order valence-corrected chi connectivity index (χ3v) is 5.30. The normalized spacial score (nSPS) is 11.5. The quantitative estimate of drug-likeness (QED) is 0.410. The first-order chi connectivity index (χ1) is 16.0. The van der Waals surface area contributed by atoms with Crippen molar-refractivity contribution in [3.8, 4) is 0 Å². The molecule has 0 bridgehead atoms. The second-order valence-corrected chi connectivity index (χ2v) is 7.57. The molecule has 8 nitrogen and oxygen atoms in total. The fraction of sp³-hybridized carbons (Fsp3) is 0.250. The third kappa shape index (κ3) is 6.06. The Bertz CT molecular complexity index is 1120. The number of anilines is 2. The summed E-state index contributed by atoms with van der Waals surface area (Å²) in [6.45, 7) is 1.83. The predicted octanol–water partition coefficient (Wildman–Crippen LogP) is 3.73. The van der Waals surface area contributed by atoms with Gasteiger partial charge in [-0.25, -0.2) is 14.8 Å². The average Bonchev–Trinajstić information content (AvgIpc) is 2.83. The highest BCUT2D eigenvalue weighted by molar-refractivity contribution is 6.34. The van der Waals surface area contributed by atoms with Crippen molar-refractivity contribution in [3.05, 3.63) is 82.1 Å². The molecule has 0 aliphatic heterocycles. The number of aliphatic hydroxyl groups excluding tert-OH is 1. The number of carbonyl (C=O) groups excluding carboxylic acids is 2. The van der Waals surface area contributed by atoms with Crippen LogP contribution in [0.1, 0.15) is 44.8 Å². The van der Waals surface area contributed by atoms with Gasteiger partial charge in [-0.05, 0) is 37.1 Å². The summed E-state index contributed by atoms with van der Waals surface area (Å²) in [5.41, 5.74) is 2.54. The van der Waals surface area contributed by atoms with Crippen molar-refractivity contribution >= 4 is 35.1 Å². The first-order valence-electron chi connectivity index (χ1n) is 10.4. The molecule has 0 saturated heterocycles. The maximum absolute atomic E-state index is 12.5. The van der Waals surface area contributed by atoms with Crippen LogP contribution >= 0.6 is 11.6 Å². The molecule has 33 heavy (non-hydrogen) atoms. The Morgan fingerprint density at radius 3 is 2.55 bits per heavy atom. The van der Waals surface area contributed by atoms with Crippen LogP contribution in [0.2, 0.25) is 5.02 Å². The molecule has 172 valence electrons. The van der Waals surface area contributed by atoms with E-state index in [4.69, 9.17) is 16.3 Å². The smallest absolute Gasteiger partial charge is 0.341 e. The predicted molar refractivity (Wildman–Crippen MR) is 126 cm³/mol. The van der Waals surface area contributed by atoms with Crippen LogP contribution < -0.4 is 10.6 Å². The van der Waals surface area contributed by atoms with Crippen molar-refractivity contribution < 1.29 is 19.4 Å². The number of hydrogen-bond acceptors (Lipinski definition) is 7. The number of esters is 1. The molecule has 1 amide bonds. The zero-order chi connectivity index (χ0) is 23.8. The largest absolute Gasteiger partial charge is 0.462 e. The highest BCUT2D eigenvalue weighted by Gasteiger charge is 2.21. The Labute approximate surface area is 197 Å². The Balaban J connectivity index is 1.92. The van der Waals surface area contributed by atoms with Gasteiger partial charge in [-0.3, -0.25) is 4.79 Å². The van der Waals surface area contributed by atoms with E-state index in [1.165, 1.54) is 13.2 Å². The Kier molecular flexibility index (Phi) is 8.34. The summed E-state index contributed by atoms with van der Waals surface area (Å²) < 4.78 is 5.15. The fourth-order valence-corrected chi connectivity index (χ4v) is 3.57. The molecule has 1 heterocycles. The minimum Gasteiger partial charge on any atom is -0.462 e. The van der Waals surface area contributed by atoms with Crippen LogP contribution in [0.15, 0.2) is 54.7 Å². The van der Waals surface area contributed by atoms with Gasteiger partial charge in [0, 0.05) is 24.8 Å². The SMILES string of the molecule is CCOC(=O)c1cnc(Nc2ccc(C(=O)NC)c(Cl)c2)nc1C[C@H](CO)c1ccccc1. The lowest BCUT2D eigenvalue weighted by Gasteiger charge is -2.17. The van der Waals surface area contributed by atoms with Gasteiger partial charge in [0.25, 0.3) is 5.91 Å². The number of aliphatic hydroxyl groups is 1. The highest BCUT2D eigenvalue weighted by atomic mass is 35.5. The van der Waals surface area contributed by atoms with E-state index in [0.717, 1.165) is 5.56 Å². The Hall–Kier alpha value is -3.49.